The van der Waals surface area contributed by atoms with Gasteiger partial charge in [0.25, 0.3) is 0 Å². The van der Waals surface area contributed by atoms with Crippen LogP contribution < -0.4 is 10.1 Å². The monoisotopic (exact) mass is 502 g/mol. The van der Waals surface area contributed by atoms with Crippen molar-refractivity contribution in [2.75, 3.05) is 11.1 Å². The largest absolute Gasteiger partial charge is 0.486 e. The summed E-state index contributed by atoms with van der Waals surface area (Å²) in [4.78, 5) is 12.3. The molecule has 3 rings (SSSR count). The summed E-state index contributed by atoms with van der Waals surface area (Å²) in [7, 11) is 0. The molecule has 0 fully saturated rings. The third-order valence-corrected chi connectivity index (χ3v) is 6.15. The number of ether oxygens (including phenoxy) is 1. The van der Waals surface area contributed by atoms with Crippen LogP contribution in [0.2, 0.25) is 0 Å². The van der Waals surface area contributed by atoms with E-state index < -0.39 is 0 Å². The highest BCUT2D eigenvalue weighted by Crippen LogP contribution is 2.25. The van der Waals surface area contributed by atoms with Gasteiger partial charge in [-0.15, -0.1) is 10.2 Å². The average Bonchev–Trinajstić information content (AvgIpc) is 3.14. The fourth-order valence-corrected chi connectivity index (χ4v) is 4.00. The first-order chi connectivity index (χ1) is 14.8. The number of nitrogens with one attached hydrogen (secondary N) is 1. The second-order valence-corrected chi connectivity index (χ2v) is 9.91. The van der Waals surface area contributed by atoms with Gasteiger partial charge in [-0.2, -0.15) is 0 Å². The minimum atomic E-state index is -0.0882. The highest BCUT2D eigenvalue weighted by atomic mass is 79.9. The van der Waals surface area contributed by atoms with Gasteiger partial charge in [0.05, 0.1) is 5.75 Å². The van der Waals surface area contributed by atoms with Crippen LogP contribution in [0.4, 0.5) is 5.69 Å². The van der Waals surface area contributed by atoms with Gasteiger partial charge in [0, 0.05) is 16.7 Å². The molecular weight excluding hydrogens is 476 g/mol. The second-order valence-electron chi connectivity index (χ2n) is 8.05. The Balaban J connectivity index is 1.56. The van der Waals surface area contributed by atoms with Crippen molar-refractivity contribution in [1.82, 2.24) is 14.8 Å². The van der Waals surface area contributed by atoms with Gasteiger partial charge in [0.1, 0.15) is 12.4 Å². The van der Waals surface area contributed by atoms with Crippen LogP contribution in [0.25, 0.3) is 0 Å². The molecule has 0 radical (unpaired) electrons. The Morgan fingerprint density at radius 3 is 2.39 bits per heavy atom. The van der Waals surface area contributed by atoms with E-state index in [4.69, 9.17) is 4.74 Å². The molecule has 0 unspecified atom stereocenters. The molecule has 1 aromatic heterocycles. The lowest BCUT2D eigenvalue weighted by Gasteiger charge is -2.19. The number of aromatic nitrogens is 3. The topological polar surface area (TPSA) is 69.0 Å². The Hall–Kier alpha value is -2.32. The van der Waals surface area contributed by atoms with E-state index in [1.165, 1.54) is 17.3 Å². The molecule has 3 aromatic rings. The lowest BCUT2D eigenvalue weighted by atomic mass is 9.87. The standard InChI is InChI=1S/C23H27BrN4O2S/c1-5-28-20(14-30-19-12-6-16(7-13-19)23(2,3)4)26-27-22(28)31-15-21(29)25-18-10-8-17(24)9-11-18/h6-13H,5,14-15H2,1-4H3,(H,25,29). The number of benzene rings is 2. The summed E-state index contributed by atoms with van der Waals surface area (Å²) >= 11 is 4.75. The van der Waals surface area contributed by atoms with Crippen molar-refractivity contribution in [3.8, 4) is 5.75 Å². The average molecular weight is 503 g/mol. The fourth-order valence-electron chi connectivity index (χ4n) is 2.91. The zero-order chi connectivity index (χ0) is 22.4. The molecule has 2 aromatic carbocycles. The summed E-state index contributed by atoms with van der Waals surface area (Å²) in [6, 6.07) is 15.6. The molecule has 1 heterocycles. The third-order valence-electron chi connectivity index (χ3n) is 4.66. The van der Waals surface area contributed by atoms with Gasteiger partial charge in [-0.1, -0.05) is 60.6 Å². The molecule has 0 saturated carbocycles. The van der Waals surface area contributed by atoms with E-state index >= 15 is 0 Å². The quantitative estimate of drug-likeness (QED) is 0.402. The van der Waals surface area contributed by atoms with E-state index in [0.717, 1.165) is 21.7 Å². The Bertz CT molecular complexity index is 1010. The molecule has 8 heteroatoms. The zero-order valence-corrected chi connectivity index (χ0v) is 20.6. The van der Waals surface area contributed by atoms with E-state index in [1.807, 2.05) is 47.9 Å². The number of amides is 1. The Morgan fingerprint density at radius 2 is 1.77 bits per heavy atom. The van der Waals surface area contributed by atoms with Crippen LogP contribution >= 0.6 is 27.7 Å². The third kappa shape index (κ3) is 6.58. The van der Waals surface area contributed by atoms with Gasteiger partial charge < -0.3 is 14.6 Å². The SMILES string of the molecule is CCn1c(COc2ccc(C(C)(C)C)cc2)nnc1SCC(=O)Nc1ccc(Br)cc1. The van der Waals surface area contributed by atoms with Gasteiger partial charge in [-0.3, -0.25) is 4.79 Å². The highest BCUT2D eigenvalue weighted by Gasteiger charge is 2.15. The van der Waals surface area contributed by atoms with Crippen molar-refractivity contribution in [1.29, 1.82) is 0 Å². The number of halogens is 1. The molecular formula is C23H27BrN4O2S. The van der Waals surface area contributed by atoms with Crippen molar-refractivity contribution < 1.29 is 9.53 Å². The van der Waals surface area contributed by atoms with Gasteiger partial charge in [-0.25, -0.2) is 0 Å². The first-order valence-electron chi connectivity index (χ1n) is 10.1. The maximum absolute atomic E-state index is 12.3. The summed E-state index contributed by atoms with van der Waals surface area (Å²) in [5, 5.41) is 12.1. The van der Waals surface area contributed by atoms with Crippen molar-refractivity contribution in [3.63, 3.8) is 0 Å². The summed E-state index contributed by atoms with van der Waals surface area (Å²) in [5.74, 6) is 1.69. The number of rotatable bonds is 8. The van der Waals surface area contributed by atoms with Crippen LogP contribution in [0.1, 0.15) is 39.1 Å². The first-order valence-corrected chi connectivity index (χ1v) is 11.9. The molecule has 164 valence electrons. The van der Waals surface area contributed by atoms with Gasteiger partial charge in [0.2, 0.25) is 5.91 Å². The number of hydrogen-bond donors (Lipinski definition) is 1. The fraction of sp³-hybridized carbons (Fsp3) is 0.348. The normalized spacial score (nSPS) is 11.4. The van der Waals surface area contributed by atoms with E-state index in [1.54, 1.807) is 0 Å². The smallest absolute Gasteiger partial charge is 0.234 e. The second kappa shape index (κ2) is 10.3. The van der Waals surface area contributed by atoms with Crippen LogP contribution in [0.3, 0.4) is 0 Å². The highest BCUT2D eigenvalue weighted by molar-refractivity contribution is 9.10. The molecule has 0 aliphatic heterocycles. The van der Waals surface area contributed by atoms with E-state index in [2.05, 4.69) is 64.3 Å². The van der Waals surface area contributed by atoms with Crippen molar-refractivity contribution in [2.45, 2.75) is 51.4 Å². The molecule has 0 aliphatic rings. The molecule has 0 bridgehead atoms. The summed E-state index contributed by atoms with van der Waals surface area (Å²) < 4.78 is 8.86. The molecule has 0 saturated heterocycles. The molecule has 0 atom stereocenters. The minimum Gasteiger partial charge on any atom is -0.486 e. The van der Waals surface area contributed by atoms with Crippen molar-refractivity contribution in [3.05, 3.63) is 64.4 Å². The van der Waals surface area contributed by atoms with Crippen LogP contribution in [-0.2, 0) is 23.4 Å². The Kier molecular flexibility index (Phi) is 7.78. The number of carbonyl (C=O) groups is 1. The predicted octanol–water partition coefficient (Wildman–Crippen LogP) is 5.67. The van der Waals surface area contributed by atoms with Crippen LogP contribution in [0, 0.1) is 0 Å². The van der Waals surface area contributed by atoms with Gasteiger partial charge >= 0.3 is 0 Å². The summed E-state index contributed by atoms with van der Waals surface area (Å²) in [6.07, 6.45) is 0. The van der Waals surface area contributed by atoms with Crippen LogP contribution in [0.5, 0.6) is 5.75 Å². The summed E-state index contributed by atoms with van der Waals surface area (Å²) in [5.41, 5.74) is 2.13. The van der Waals surface area contributed by atoms with Crippen LogP contribution in [0.15, 0.2) is 58.2 Å². The number of nitrogens with zero attached hydrogens (tertiary/aromatic N) is 3. The Morgan fingerprint density at radius 1 is 1.10 bits per heavy atom. The lowest BCUT2D eigenvalue weighted by molar-refractivity contribution is -0.113. The summed E-state index contributed by atoms with van der Waals surface area (Å²) in [6.45, 7) is 9.60. The maximum Gasteiger partial charge on any atom is 0.234 e. The molecule has 0 aliphatic carbocycles. The number of thioether (sulfide) groups is 1. The number of anilines is 1. The molecule has 6 nitrogen and oxygen atoms in total. The zero-order valence-electron chi connectivity index (χ0n) is 18.2. The van der Waals surface area contributed by atoms with Crippen LogP contribution in [-0.4, -0.2) is 26.4 Å². The van der Waals surface area contributed by atoms with Gasteiger partial charge in [-0.05, 0) is 54.3 Å². The van der Waals surface area contributed by atoms with Crippen molar-refractivity contribution in [2.24, 2.45) is 0 Å². The lowest BCUT2D eigenvalue weighted by Crippen LogP contribution is -2.14. The van der Waals surface area contributed by atoms with E-state index in [9.17, 15) is 4.79 Å². The molecule has 1 amide bonds. The van der Waals surface area contributed by atoms with E-state index in [-0.39, 0.29) is 17.1 Å². The van der Waals surface area contributed by atoms with E-state index in [0.29, 0.717) is 18.3 Å². The molecule has 1 N–H and O–H groups in total. The molecule has 0 spiro atoms. The van der Waals surface area contributed by atoms with Crippen molar-refractivity contribution >= 4 is 39.3 Å². The molecule has 31 heavy (non-hydrogen) atoms. The first kappa shape index (κ1) is 23.3. The number of carbonyl (C=O) groups excluding carboxylic acids is 1. The Labute approximate surface area is 195 Å². The minimum absolute atomic E-state index is 0.0882. The predicted molar refractivity (Wildman–Crippen MR) is 129 cm³/mol. The van der Waals surface area contributed by atoms with Gasteiger partial charge in [0.15, 0.2) is 11.0 Å². The maximum atomic E-state index is 12.3. The number of hydrogen-bond acceptors (Lipinski definition) is 5.